The van der Waals surface area contributed by atoms with Gasteiger partial charge in [-0.1, -0.05) is 0 Å². The molecule has 13 heavy (non-hydrogen) atoms. The van der Waals surface area contributed by atoms with Crippen molar-refractivity contribution in [3.8, 4) is 0 Å². The van der Waals surface area contributed by atoms with Gasteiger partial charge in [-0.25, -0.2) is 14.5 Å². The number of carbonyl (C=O) groups is 1. The first kappa shape index (κ1) is 9.70. The molecule has 0 N–H and O–H groups in total. The summed E-state index contributed by atoms with van der Waals surface area (Å²) in [6, 6.07) is -0.402. The van der Waals surface area contributed by atoms with E-state index in [9.17, 15) is 4.79 Å². The molecular formula is C8H13N3O2. The van der Waals surface area contributed by atoms with Gasteiger partial charge in [-0.15, -0.1) is 0 Å². The van der Waals surface area contributed by atoms with Gasteiger partial charge in [-0.3, -0.25) is 0 Å². The lowest BCUT2D eigenvalue weighted by Crippen LogP contribution is -2.19. The van der Waals surface area contributed by atoms with Crippen LogP contribution >= 0.6 is 0 Å². The monoisotopic (exact) mass is 183 g/mol. The number of ether oxygens (including phenoxy) is 1. The van der Waals surface area contributed by atoms with Crippen molar-refractivity contribution >= 4 is 5.97 Å². The Morgan fingerprint density at radius 3 is 2.92 bits per heavy atom. The lowest BCUT2D eigenvalue weighted by atomic mass is 10.3. The number of rotatable bonds is 3. The van der Waals surface area contributed by atoms with Crippen LogP contribution in [-0.4, -0.2) is 27.3 Å². The maximum atomic E-state index is 11.2. The van der Waals surface area contributed by atoms with Crippen LogP contribution in [0.15, 0.2) is 6.33 Å². The molecule has 1 aromatic rings. The predicted octanol–water partition coefficient (Wildman–Crippen LogP) is 0.711. The quantitative estimate of drug-likeness (QED) is 0.647. The van der Waals surface area contributed by atoms with E-state index in [1.165, 1.54) is 11.0 Å². The van der Waals surface area contributed by atoms with E-state index in [2.05, 4.69) is 10.1 Å². The lowest BCUT2D eigenvalue weighted by molar-refractivity contribution is -0.146. The van der Waals surface area contributed by atoms with Crippen molar-refractivity contribution in [3.63, 3.8) is 0 Å². The minimum atomic E-state index is -0.402. The average Bonchev–Trinajstić information content (AvgIpc) is 2.51. The third-order valence-electron chi connectivity index (χ3n) is 1.65. The molecule has 0 saturated heterocycles. The maximum Gasteiger partial charge on any atom is 0.330 e. The van der Waals surface area contributed by atoms with Gasteiger partial charge >= 0.3 is 5.97 Å². The smallest absolute Gasteiger partial charge is 0.330 e. The molecule has 0 aliphatic heterocycles. The number of aryl methyl sites for hydroxylation is 1. The molecule has 0 fully saturated rings. The fraction of sp³-hybridized carbons (Fsp3) is 0.625. The molecule has 0 spiro atoms. The number of esters is 1. The van der Waals surface area contributed by atoms with E-state index in [1.807, 2.05) is 0 Å². The van der Waals surface area contributed by atoms with Gasteiger partial charge in [-0.05, 0) is 20.8 Å². The van der Waals surface area contributed by atoms with Crippen molar-refractivity contribution in [1.82, 2.24) is 14.8 Å². The highest BCUT2D eigenvalue weighted by Crippen LogP contribution is 2.05. The zero-order chi connectivity index (χ0) is 9.84. The Bertz CT molecular complexity index is 295. The number of hydrogen-bond donors (Lipinski definition) is 0. The van der Waals surface area contributed by atoms with Gasteiger partial charge in [0.15, 0.2) is 0 Å². The number of aromatic nitrogens is 3. The molecule has 5 heteroatoms. The molecule has 0 aliphatic carbocycles. The minimum Gasteiger partial charge on any atom is -0.464 e. The van der Waals surface area contributed by atoms with Gasteiger partial charge in [0.05, 0.1) is 6.61 Å². The highest BCUT2D eigenvalue weighted by Gasteiger charge is 2.16. The normalized spacial score (nSPS) is 12.5. The highest BCUT2D eigenvalue weighted by atomic mass is 16.5. The summed E-state index contributed by atoms with van der Waals surface area (Å²) in [6.45, 7) is 5.66. The molecule has 0 aromatic carbocycles. The first-order valence-electron chi connectivity index (χ1n) is 4.19. The second-order valence-corrected chi connectivity index (χ2v) is 2.70. The fourth-order valence-electron chi connectivity index (χ4n) is 0.919. The van der Waals surface area contributed by atoms with Crippen molar-refractivity contribution in [2.45, 2.75) is 26.8 Å². The first-order chi connectivity index (χ1) is 6.15. The molecule has 0 amide bonds. The summed E-state index contributed by atoms with van der Waals surface area (Å²) in [7, 11) is 0. The van der Waals surface area contributed by atoms with Crippen LogP contribution in [0.3, 0.4) is 0 Å². The van der Waals surface area contributed by atoms with Gasteiger partial charge in [0.1, 0.15) is 18.2 Å². The van der Waals surface area contributed by atoms with Crippen LogP contribution in [0.2, 0.25) is 0 Å². The SMILES string of the molecule is CCOC(=O)[C@H](C)n1cnc(C)n1. The van der Waals surface area contributed by atoms with E-state index >= 15 is 0 Å². The minimum absolute atomic E-state index is 0.285. The van der Waals surface area contributed by atoms with Crippen LogP contribution in [-0.2, 0) is 9.53 Å². The molecular weight excluding hydrogens is 170 g/mol. The third kappa shape index (κ3) is 2.27. The van der Waals surface area contributed by atoms with Crippen LogP contribution in [0.1, 0.15) is 25.7 Å². The van der Waals surface area contributed by atoms with Crippen LogP contribution < -0.4 is 0 Å². The molecule has 0 aliphatic rings. The van der Waals surface area contributed by atoms with Gasteiger partial charge in [0.25, 0.3) is 0 Å². The van der Waals surface area contributed by atoms with Crippen molar-refractivity contribution in [2.75, 3.05) is 6.61 Å². The molecule has 1 aromatic heterocycles. The topological polar surface area (TPSA) is 57.0 Å². The van der Waals surface area contributed by atoms with Gasteiger partial charge < -0.3 is 4.74 Å². The summed E-state index contributed by atoms with van der Waals surface area (Å²) in [5, 5.41) is 4.02. The summed E-state index contributed by atoms with van der Waals surface area (Å²) < 4.78 is 6.33. The molecule has 0 saturated carbocycles. The van der Waals surface area contributed by atoms with Crippen molar-refractivity contribution in [3.05, 3.63) is 12.2 Å². The van der Waals surface area contributed by atoms with Gasteiger partial charge in [0, 0.05) is 0 Å². The van der Waals surface area contributed by atoms with Gasteiger partial charge in [0.2, 0.25) is 0 Å². The first-order valence-corrected chi connectivity index (χ1v) is 4.19. The van der Waals surface area contributed by atoms with Crippen molar-refractivity contribution in [1.29, 1.82) is 0 Å². The highest BCUT2D eigenvalue weighted by molar-refractivity contribution is 5.73. The second kappa shape index (κ2) is 4.02. The Morgan fingerprint density at radius 2 is 2.46 bits per heavy atom. The summed E-state index contributed by atoms with van der Waals surface area (Å²) >= 11 is 0. The van der Waals surface area contributed by atoms with E-state index < -0.39 is 6.04 Å². The Hall–Kier alpha value is -1.39. The molecule has 0 unspecified atom stereocenters. The van der Waals surface area contributed by atoms with Gasteiger partial charge in [-0.2, -0.15) is 5.10 Å². The van der Waals surface area contributed by atoms with E-state index in [0.717, 1.165) is 0 Å². The maximum absolute atomic E-state index is 11.2. The number of hydrogen-bond acceptors (Lipinski definition) is 4. The largest absolute Gasteiger partial charge is 0.464 e. The fourth-order valence-corrected chi connectivity index (χ4v) is 0.919. The predicted molar refractivity (Wildman–Crippen MR) is 46.1 cm³/mol. The third-order valence-corrected chi connectivity index (χ3v) is 1.65. The molecule has 5 nitrogen and oxygen atoms in total. The molecule has 1 rings (SSSR count). The van der Waals surface area contributed by atoms with Crippen molar-refractivity contribution in [2.24, 2.45) is 0 Å². The zero-order valence-corrected chi connectivity index (χ0v) is 8.02. The van der Waals surface area contributed by atoms with Crippen LogP contribution in [0.5, 0.6) is 0 Å². The van der Waals surface area contributed by atoms with E-state index in [1.54, 1.807) is 20.8 Å². The summed E-state index contributed by atoms with van der Waals surface area (Å²) in [6.07, 6.45) is 1.52. The van der Waals surface area contributed by atoms with E-state index in [-0.39, 0.29) is 5.97 Å². The van der Waals surface area contributed by atoms with Crippen LogP contribution in [0.4, 0.5) is 0 Å². The zero-order valence-electron chi connectivity index (χ0n) is 8.02. The van der Waals surface area contributed by atoms with Crippen molar-refractivity contribution < 1.29 is 9.53 Å². The Labute approximate surface area is 76.7 Å². The number of carbonyl (C=O) groups excluding carboxylic acids is 1. The van der Waals surface area contributed by atoms with Crippen LogP contribution in [0.25, 0.3) is 0 Å². The Kier molecular flexibility index (Phi) is 3.00. The summed E-state index contributed by atoms with van der Waals surface area (Å²) in [5.74, 6) is 0.364. The van der Waals surface area contributed by atoms with Crippen LogP contribution in [0, 0.1) is 6.92 Å². The average molecular weight is 183 g/mol. The molecule has 72 valence electrons. The number of nitrogens with zero attached hydrogens (tertiary/aromatic N) is 3. The van der Waals surface area contributed by atoms with E-state index in [0.29, 0.717) is 12.4 Å². The van der Waals surface area contributed by atoms with E-state index in [4.69, 9.17) is 4.74 Å². The molecule has 1 atom stereocenters. The summed E-state index contributed by atoms with van der Waals surface area (Å²) in [4.78, 5) is 15.2. The Morgan fingerprint density at radius 1 is 1.77 bits per heavy atom. The standard InChI is InChI=1S/C8H13N3O2/c1-4-13-8(12)6(2)11-5-9-7(3)10-11/h5-6H,4H2,1-3H3/t6-/m0/s1. The summed E-state index contributed by atoms with van der Waals surface area (Å²) in [5.41, 5.74) is 0. The molecule has 0 bridgehead atoms. The molecule has 0 radical (unpaired) electrons. The lowest BCUT2D eigenvalue weighted by Gasteiger charge is -2.09. The second-order valence-electron chi connectivity index (χ2n) is 2.70. The molecule has 1 heterocycles. The Balaban J connectivity index is 2.67.